The van der Waals surface area contributed by atoms with E-state index in [9.17, 15) is 13.9 Å². The molecular formula is C15H22F2N2O. The maximum absolute atomic E-state index is 13.2. The van der Waals surface area contributed by atoms with E-state index in [0.29, 0.717) is 17.9 Å². The zero-order valence-corrected chi connectivity index (χ0v) is 11.7. The first-order valence-corrected chi connectivity index (χ1v) is 7.07. The van der Waals surface area contributed by atoms with Crippen molar-refractivity contribution in [3.05, 3.63) is 35.4 Å². The Morgan fingerprint density at radius 2 is 2.00 bits per heavy atom. The Hall–Kier alpha value is -1.04. The van der Waals surface area contributed by atoms with E-state index in [2.05, 4.69) is 11.8 Å². The van der Waals surface area contributed by atoms with Crippen molar-refractivity contribution in [3.8, 4) is 0 Å². The Morgan fingerprint density at radius 3 is 2.60 bits per heavy atom. The van der Waals surface area contributed by atoms with Gasteiger partial charge in [0.1, 0.15) is 11.6 Å². The van der Waals surface area contributed by atoms with Crippen molar-refractivity contribution in [2.45, 2.75) is 31.8 Å². The van der Waals surface area contributed by atoms with Crippen molar-refractivity contribution in [1.82, 2.24) is 4.90 Å². The van der Waals surface area contributed by atoms with Crippen LogP contribution in [-0.4, -0.2) is 35.7 Å². The average Bonchev–Trinajstić information content (AvgIpc) is 2.75. The normalized spacial score (nSPS) is 25.1. The maximum atomic E-state index is 13.2. The summed E-state index contributed by atoms with van der Waals surface area (Å²) >= 11 is 0. The number of aliphatic hydroxyl groups excluding tert-OH is 1. The maximum Gasteiger partial charge on any atom is 0.126 e. The van der Waals surface area contributed by atoms with Gasteiger partial charge < -0.3 is 10.8 Å². The summed E-state index contributed by atoms with van der Waals surface area (Å²) in [5.74, 6) is -0.722. The number of benzene rings is 1. The van der Waals surface area contributed by atoms with E-state index in [-0.39, 0.29) is 12.6 Å². The van der Waals surface area contributed by atoms with Gasteiger partial charge in [-0.1, -0.05) is 6.92 Å². The van der Waals surface area contributed by atoms with Crippen molar-refractivity contribution in [3.63, 3.8) is 0 Å². The summed E-state index contributed by atoms with van der Waals surface area (Å²) in [4.78, 5) is 2.21. The van der Waals surface area contributed by atoms with Crippen molar-refractivity contribution in [2.75, 3.05) is 19.7 Å². The fraction of sp³-hybridized carbons (Fsp3) is 0.600. The van der Waals surface area contributed by atoms with Gasteiger partial charge in [0, 0.05) is 24.7 Å². The van der Waals surface area contributed by atoms with Gasteiger partial charge in [-0.15, -0.1) is 0 Å². The molecule has 1 heterocycles. The van der Waals surface area contributed by atoms with E-state index in [1.165, 1.54) is 12.1 Å². The van der Waals surface area contributed by atoms with Crippen LogP contribution in [-0.2, 0) is 0 Å². The molecule has 0 spiro atoms. The number of nitrogens with two attached hydrogens (primary N) is 1. The first kappa shape index (κ1) is 15.4. The summed E-state index contributed by atoms with van der Waals surface area (Å²) in [6.07, 6.45) is 1.68. The molecule has 1 aliphatic rings. The summed E-state index contributed by atoms with van der Waals surface area (Å²) in [5.41, 5.74) is 6.49. The number of likely N-dealkylation sites (tertiary alicyclic amines) is 1. The van der Waals surface area contributed by atoms with Crippen molar-refractivity contribution < 1.29 is 13.9 Å². The smallest absolute Gasteiger partial charge is 0.126 e. The Bertz CT molecular complexity index is 435. The molecule has 0 aromatic heterocycles. The molecule has 3 unspecified atom stereocenters. The minimum Gasteiger partial charge on any atom is -0.395 e. The van der Waals surface area contributed by atoms with Gasteiger partial charge in [0.15, 0.2) is 0 Å². The summed E-state index contributed by atoms with van der Waals surface area (Å²) in [5, 5.41) is 9.39. The molecule has 0 bridgehead atoms. The molecule has 2 rings (SSSR count). The summed E-state index contributed by atoms with van der Waals surface area (Å²) in [6, 6.07) is 3.19. The second kappa shape index (κ2) is 6.61. The van der Waals surface area contributed by atoms with Crippen LogP contribution >= 0.6 is 0 Å². The third kappa shape index (κ3) is 3.53. The fourth-order valence-corrected chi connectivity index (χ4v) is 2.92. The van der Waals surface area contributed by atoms with Crippen LogP contribution in [0.25, 0.3) is 0 Å². The Labute approximate surface area is 118 Å². The zero-order chi connectivity index (χ0) is 14.7. The monoisotopic (exact) mass is 284 g/mol. The highest BCUT2D eigenvalue weighted by atomic mass is 19.1. The lowest BCUT2D eigenvalue weighted by Crippen LogP contribution is -2.36. The number of hydrogen-bond acceptors (Lipinski definition) is 3. The van der Waals surface area contributed by atoms with Crippen LogP contribution in [0.2, 0.25) is 0 Å². The molecule has 0 radical (unpaired) electrons. The van der Waals surface area contributed by atoms with Gasteiger partial charge in [-0.25, -0.2) is 8.78 Å². The first-order chi connectivity index (χ1) is 9.51. The van der Waals surface area contributed by atoms with E-state index in [1.54, 1.807) is 0 Å². The predicted molar refractivity (Wildman–Crippen MR) is 74.1 cm³/mol. The van der Waals surface area contributed by atoms with Crippen LogP contribution in [0.5, 0.6) is 0 Å². The number of hydrogen-bond donors (Lipinski definition) is 2. The zero-order valence-electron chi connectivity index (χ0n) is 11.7. The molecule has 1 fully saturated rings. The Morgan fingerprint density at radius 1 is 1.35 bits per heavy atom. The van der Waals surface area contributed by atoms with Crippen LogP contribution in [0.4, 0.5) is 8.78 Å². The lowest BCUT2D eigenvalue weighted by Gasteiger charge is -2.26. The second-order valence-corrected chi connectivity index (χ2v) is 5.65. The Balaban J connectivity index is 1.93. The SMILES string of the molecule is CC1CCN(CCC(N)c2cc(F)cc(F)c2)C1CO. The van der Waals surface area contributed by atoms with Gasteiger partial charge >= 0.3 is 0 Å². The van der Waals surface area contributed by atoms with E-state index in [0.717, 1.165) is 25.6 Å². The highest BCUT2D eigenvalue weighted by Gasteiger charge is 2.30. The number of aliphatic hydroxyl groups is 1. The number of nitrogens with zero attached hydrogens (tertiary/aromatic N) is 1. The summed E-state index contributed by atoms with van der Waals surface area (Å²) in [7, 11) is 0. The van der Waals surface area contributed by atoms with Crippen molar-refractivity contribution >= 4 is 0 Å². The molecule has 3 N–H and O–H groups in total. The Kier molecular flexibility index (Phi) is 5.07. The summed E-state index contributed by atoms with van der Waals surface area (Å²) in [6.45, 7) is 3.94. The second-order valence-electron chi connectivity index (χ2n) is 5.65. The van der Waals surface area contributed by atoms with Crippen LogP contribution in [0, 0.1) is 17.6 Å². The standard InChI is InChI=1S/C15H22F2N2O/c1-10-2-4-19(15(10)9-20)5-3-14(18)11-6-12(16)8-13(17)7-11/h6-8,10,14-15,20H,2-5,9,18H2,1H3. The molecular weight excluding hydrogens is 262 g/mol. The van der Waals surface area contributed by atoms with Crippen molar-refractivity contribution in [2.24, 2.45) is 11.7 Å². The summed E-state index contributed by atoms with van der Waals surface area (Å²) < 4.78 is 26.3. The van der Waals surface area contributed by atoms with E-state index in [4.69, 9.17) is 5.73 Å². The molecule has 1 aromatic rings. The number of halogens is 2. The van der Waals surface area contributed by atoms with E-state index in [1.807, 2.05) is 0 Å². The average molecular weight is 284 g/mol. The van der Waals surface area contributed by atoms with Gasteiger partial charge in [-0.2, -0.15) is 0 Å². The van der Waals surface area contributed by atoms with Gasteiger partial charge in [0.25, 0.3) is 0 Å². The molecule has 3 atom stereocenters. The molecule has 112 valence electrons. The van der Waals surface area contributed by atoms with Crippen LogP contribution < -0.4 is 5.73 Å². The largest absolute Gasteiger partial charge is 0.395 e. The molecule has 0 amide bonds. The van der Waals surface area contributed by atoms with Gasteiger partial charge in [0.2, 0.25) is 0 Å². The predicted octanol–water partition coefficient (Wildman–Crippen LogP) is 2.06. The third-order valence-electron chi connectivity index (χ3n) is 4.22. The molecule has 1 aromatic carbocycles. The highest BCUT2D eigenvalue weighted by molar-refractivity contribution is 5.21. The van der Waals surface area contributed by atoms with Crippen LogP contribution in [0.3, 0.4) is 0 Å². The quantitative estimate of drug-likeness (QED) is 0.870. The third-order valence-corrected chi connectivity index (χ3v) is 4.22. The molecule has 1 saturated heterocycles. The van der Waals surface area contributed by atoms with E-state index < -0.39 is 17.7 Å². The van der Waals surface area contributed by atoms with Gasteiger partial charge in [-0.05, 0) is 43.0 Å². The van der Waals surface area contributed by atoms with E-state index >= 15 is 0 Å². The minimum atomic E-state index is -0.599. The number of rotatable bonds is 5. The first-order valence-electron chi connectivity index (χ1n) is 7.07. The van der Waals surface area contributed by atoms with Gasteiger partial charge in [-0.3, -0.25) is 4.90 Å². The van der Waals surface area contributed by atoms with Crippen molar-refractivity contribution in [1.29, 1.82) is 0 Å². The fourth-order valence-electron chi connectivity index (χ4n) is 2.92. The molecule has 20 heavy (non-hydrogen) atoms. The lowest BCUT2D eigenvalue weighted by molar-refractivity contribution is 0.136. The molecule has 0 saturated carbocycles. The molecule has 5 heteroatoms. The highest BCUT2D eigenvalue weighted by Crippen LogP contribution is 2.25. The minimum absolute atomic E-state index is 0.144. The molecule has 1 aliphatic heterocycles. The molecule has 0 aliphatic carbocycles. The lowest BCUT2D eigenvalue weighted by atomic mass is 10.0. The van der Waals surface area contributed by atoms with Crippen LogP contribution in [0.15, 0.2) is 18.2 Å². The topological polar surface area (TPSA) is 49.5 Å². The van der Waals surface area contributed by atoms with Gasteiger partial charge in [0.05, 0.1) is 6.61 Å². The molecule has 3 nitrogen and oxygen atoms in total. The van der Waals surface area contributed by atoms with Crippen LogP contribution in [0.1, 0.15) is 31.4 Å².